The molecular formula is C50H33N3. The van der Waals surface area contributed by atoms with Crippen LogP contribution in [0.2, 0.25) is 0 Å². The summed E-state index contributed by atoms with van der Waals surface area (Å²) in [4.78, 5) is 2.35. The van der Waals surface area contributed by atoms with Gasteiger partial charge in [-0.15, -0.1) is 0 Å². The molecule has 11 aromatic rings. The molecule has 0 unspecified atom stereocenters. The van der Waals surface area contributed by atoms with Gasteiger partial charge in [0.25, 0.3) is 0 Å². The van der Waals surface area contributed by atoms with E-state index in [2.05, 4.69) is 214 Å². The average Bonchev–Trinajstić information content (AvgIpc) is 3.88. The van der Waals surface area contributed by atoms with Crippen LogP contribution < -0.4 is 4.90 Å². The van der Waals surface area contributed by atoms with Crippen LogP contribution in [0.25, 0.3) is 77.3 Å². The number of imidazole rings is 1. The number of hydrogen-bond acceptors (Lipinski definition) is 1. The molecule has 0 bridgehead atoms. The van der Waals surface area contributed by atoms with Gasteiger partial charge in [-0.2, -0.15) is 0 Å². The van der Waals surface area contributed by atoms with Crippen molar-refractivity contribution in [1.29, 1.82) is 0 Å². The molecule has 0 radical (unpaired) electrons. The Morgan fingerprint density at radius 2 is 0.736 bits per heavy atom. The van der Waals surface area contributed by atoms with Gasteiger partial charge < -0.3 is 4.90 Å². The molecule has 0 N–H and O–H groups in total. The summed E-state index contributed by atoms with van der Waals surface area (Å²) in [6, 6.07) is 72.4. The Balaban J connectivity index is 1.06. The fourth-order valence-corrected chi connectivity index (χ4v) is 8.45. The minimum Gasteiger partial charge on any atom is -0.311 e. The Morgan fingerprint density at radius 3 is 1.30 bits per heavy atom. The van der Waals surface area contributed by atoms with E-state index in [1.165, 1.54) is 77.3 Å². The maximum Gasteiger partial charge on any atom is 0.131 e. The number of benzene rings is 8. The van der Waals surface area contributed by atoms with Crippen molar-refractivity contribution in [2.75, 3.05) is 4.90 Å². The fraction of sp³-hybridized carbons (Fsp3) is 0. The highest BCUT2D eigenvalue weighted by Crippen LogP contribution is 2.44. The van der Waals surface area contributed by atoms with Crippen molar-refractivity contribution < 1.29 is 0 Å². The smallest absolute Gasteiger partial charge is 0.131 e. The highest BCUT2D eigenvalue weighted by atomic mass is 15.1. The molecule has 0 aliphatic rings. The molecule has 53 heavy (non-hydrogen) atoms. The quantitative estimate of drug-likeness (QED) is 0.171. The molecular weight excluding hydrogens is 643 g/mol. The highest BCUT2D eigenvalue weighted by molar-refractivity contribution is 6.25. The van der Waals surface area contributed by atoms with Crippen LogP contribution in [-0.4, -0.2) is 8.80 Å². The zero-order valence-electron chi connectivity index (χ0n) is 28.9. The molecule has 248 valence electrons. The summed E-state index contributed by atoms with van der Waals surface area (Å²) in [6.45, 7) is 0. The summed E-state index contributed by atoms with van der Waals surface area (Å²) in [5.74, 6) is 0. The summed E-state index contributed by atoms with van der Waals surface area (Å²) in [6.07, 6.45) is 0. The Labute approximate surface area is 307 Å². The van der Waals surface area contributed by atoms with E-state index in [1.54, 1.807) is 0 Å². The van der Waals surface area contributed by atoms with E-state index < -0.39 is 0 Å². The van der Waals surface area contributed by atoms with Crippen LogP contribution >= 0.6 is 0 Å². The second-order valence-corrected chi connectivity index (χ2v) is 13.8. The first-order valence-corrected chi connectivity index (χ1v) is 18.2. The minimum absolute atomic E-state index is 1.11. The standard InChI is InChI=1S/C50H33N3/c1-3-12-34(13-4-1)36-22-28-39(29-23-36)51(40-30-24-37(25-31-40)35-14-5-2-6-15-35)41-32-26-38(27-33-41)42-17-11-18-44-48-43-16-7-8-19-45(43)52-46-20-9-10-21-47(46)53(49(42)44)50(48)52/h1-33H. The number of nitrogens with zero attached hydrogens (tertiary/aromatic N) is 3. The topological polar surface area (TPSA) is 12.1 Å². The summed E-state index contributed by atoms with van der Waals surface area (Å²) >= 11 is 0. The number of fused-ring (bicyclic) bond motifs is 9. The minimum atomic E-state index is 1.11. The molecule has 3 heteroatoms. The Morgan fingerprint density at radius 1 is 0.302 bits per heavy atom. The summed E-state index contributed by atoms with van der Waals surface area (Å²) in [7, 11) is 0. The molecule has 0 atom stereocenters. The maximum atomic E-state index is 2.48. The molecule has 3 heterocycles. The van der Waals surface area contributed by atoms with E-state index in [-0.39, 0.29) is 0 Å². The van der Waals surface area contributed by atoms with Gasteiger partial charge in [0.2, 0.25) is 0 Å². The molecule has 11 rings (SSSR count). The molecule has 0 aliphatic heterocycles. The van der Waals surface area contributed by atoms with E-state index in [9.17, 15) is 0 Å². The Hall–Kier alpha value is -7.10. The lowest BCUT2D eigenvalue weighted by molar-refractivity contribution is 1.28. The van der Waals surface area contributed by atoms with E-state index in [4.69, 9.17) is 0 Å². The van der Waals surface area contributed by atoms with Crippen molar-refractivity contribution in [1.82, 2.24) is 8.80 Å². The van der Waals surface area contributed by atoms with Gasteiger partial charge in [0.1, 0.15) is 5.65 Å². The number of rotatable bonds is 6. The van der Waals surface area contributed by atoms with Crippen LogP contribution in [0.5, 0.6) is 0 Å². The van der Waals surface area contributed by atoms with Crippen LogP contribution in [0.1, 0.15) is 0 Å². The molecule has 3 nitrogen and oxygen atoms in total. The molecule has 8 aromatic carbocycles. The fourth-order valence-electron chi connectivity index (χ4n) is 8.45. The van der Waals surface area contributed by atoms with Crippen LogP contribution in [0.3, 0.4) is 0 Å². The normalized spacial score (nSPS) is 11.8. The average molecular weight is 676 g/mol. The zero-order valence-corrected chi connectivity index (χ0v) is 28.9. The molecule has 0 aliphatic carbocycles. The third kappa shape index (κ3) is 4.54. The molecule has 0 saturated heterocycles. The van der Waals surface area contributed by atoms with Crippen LogP contribution in [0.15, 0.2) is 200 Å². The molecule has 0 fully saturated rings. The van der Waals surface area contributed by atoms with E-state index >= 15 is 0 Å². The first-order valence-electron chi connectivity index (χ1n) is 18.2. The van der Waals surface area contributed by atoms with Gasteiger partial charge in [-0.1, -0.05) is 146 Å². The third-order valence-electron chi connectivity index (χ3n) is 10.9. The number of hydrogen-bond donors (Lipinski definition) is 0. The van der Waals surface area contributed by atoms with Crippen molar-refractivity contribution in [2.45, 2.75) is 0 Å². The van der Waals surface area contributed by atoms with Crippen molar-refractivity contribution >= 4 is 60.9 Å². The predicted molar refractivity (Wildman–Crippen MR) is 223 cm³/mol. The molecule has 3 aromatic heterocycles. The number of para-hydroxylation sites is 4. The van der Waals surface area contributed by atoms with Crippen LogP contribution in [0.4, 0.5) is 17.1 Å². The van der Waals surface area contributed by atoms with Crippen molar-refractivity contribution in [3.05, 3.63) is 200 Å². The van der Waals surface area contributed by atoms with Gasteiger partial charge in [-0.05, 0) is 82.4 Å². The van der Waals surface area contributed by atoms with Crippen molar-refractivity contribution in [3.63, 3.8) is 0 Å². The van der Waals surface area contributed by atoms with Crippen molar-refractivity contribution in [2.24, 2.45) is 0 Å². The molecule has 0 spiro atoms. The van der Waals surface area contributed by atoms with Crippen molar-refractivity contribution in [3.8, 4) is 33.4 Å². The lowest BCUT2D eigenvalue weighted by Gasteiger charge is -2.26. The highest BCUT2D eigenvalue weighted by Gasteiger charge is 2.24. The number of anilines is 3. The van der Waals surface area contributed by atoms with E-state index in [1.807, 2.05) is 0 Å². The maximum absolute atomic E-state index is 2.48. The zero-order chi connectivity index (χ0) is 34.9. The summed E-state index contributed by atoms with van der Waals surface area (Å²) in [5, 5.41) is 3.89. The largest absolute Gasteiger partial charge is 0.311 e. The van der Waals surface area contributed by atoms with Gasteiger partial charge in [0, 0.05) is 38.8 Å². The third-order valence-corrected chi connectivity index (χ3v) is 10.9. The van der Waals surface area contributed by atoms with E-state index in [0.29, 0.717) is 0 Å². The summed E-state index contributed by atoms with van der Waals surface area (Å²) in [5.41, 5.74) is 16.8. The van der Waals surface area contributed by atoms with Crippen LogP contribution in [0, 0.1) is 0 Å². The van der Waals surface area contributed by atoms with Gasteiger partial charge in [-0.3, -0.25) is 8.80 Å². The SMILES string of the molecule is c1ccc(-c2ccc(N(c3ccc(-c4ccccc4)cc3)c3ccc(-c4cccc5c6c7ccccc7n7c8ccccc8n(c45)c67)cc3)cc2)cc1. The molecule has 0 amide bonds. The predicted octanol–water partition coefficient (Wildman–Crippen LogP) is 13.6. The Bertz CT molecular complexity index is 2970. The number of aromatic nitrogens is 2. The van der Waals surface area contributed by atoms with Gasteiger partial charge >= 0.3 is 0 Å². The van der Waals surface area contributed by atoms with Gasteiger partial charge in [-0.25, -0.2) is 0 Å². The van der Waals surface area contributed by atoms with Gasteiger partial charge in [0.15, 0.2) is 0 Å². The Kier molecular flexibility index (Phi) is 6.55. The van der Waals surface area contributed by atoms with E-state index in [0.717, 1.165) is 17.1 Å². The van der Waals surface area contributed by atoms with Crippen LogP contribution in [-0.2, 0) is 0 Å². The van der Waals surface area contributed by atoms with Gasteiger partial charge in [0.05, 0.1) is 22.1 Å². The molecule has 0 saturated carbocycles. The lowest BCUT2D eigenvalue weighted by Crippen LogP contribution is -2.09. The first kappa shape index (κ1) is 29.6. The second-order valence-electron chi connectivity index (χ2n) is 13.8. The first-order chi connectivity index (χ1) is 26.3. The lowest BCUT2D eigenvalue weighted by atomic mass is 10.0. The monoisotopic (exact) mass is 675 g/mol. The second kappa shape index (κ2) is 11.7. The summed E-state index contributed by atoms with van der Waals surface area (Å²) < 4.78 is 4.93.